The highest BCUT2D eigenvalue weighted by atomic mass is 79.9. The number of nitrogens with zero attached hydrogens (tertiary/aromatic N) is 2. The van der Waals surface area contributed by atoms with Crippen LogP contribution in [0.25, 0.3) is 0 Å². The predicted molar refractivity (Wildman–Crippen MR) is 98.7 cm³/mol. The van der Waals surface area contributed by atoms with Gasteiger partial charge in [-0.25, -0.2) is 5.43 Å². The summed E-state index contributed by atoms with van der Waals surface area (Å²) in [6.07, 6.45) is -3.28. The van der Waals surface area contributed by atoms with Crippen LogP contribution in [0.5, 0.6) is 0 Å². The van der Waals surface area contributed by atoms with Gasteiger partial charge >= 0.3 is 6.18 Å². The fourth-order valence-electron chi connectivity index (χ4n) is 1.86. The van der Waals surface area contributed by atoms with Gasteiger partial charge < -0.3 is 0 Å². The molecule has 0 saturated heterocycles. The Balaban J connectivity index is 1.98. The topological polar surface area (TPSA) is 84.6 Å². The predicted octanol–water partition coefficient (Wildman–Crippen LogP) is 4.62. The van der Waals surface area contributed by atoms with E-state index in [4.69, 9.17) is 0 Å². The summed E-state index contributed by atoms with van der Waals surface area (Å²) in [5.74, 6) is -0.799. The molecule has 6 nitrogen and oxygen atoms in total. The van der Waals surface area contributed by atoms with Gasteiger partial charge in [-0.3, -0.25) is 14.9 Å². The highest BCUT2D eigenvalue weighted by molar-refractivity contribution is 9.10. The standard InChI is InChI=1S/C16H11BrF3N3O3S/c17-12-4-1-10(2-5-12)8-21-22-15(24)9-27-14-6-3-11(16(18,19)20)7-13(14)23(25)26/h1-8H,9H2,(H,22,24). The molecule has 142 valence electrons. The molecule has 2 aromatic rings. The molecule has 0 radical (unpaired) electrons. The molecule has 0 unspecified atom stereocenters. The number of carbonyl (C=O) groups is 1. The molecule has 0 saturated carbocycles. The Kier molecular flexibility index (Phi) is 6.97. The van der Waals surface area contributed by atoms with E-state index in [9.17, 15) is 28.1 Å². The maximum atomic E-state index is 12.7. The fourth-order valence-corrected chi connectivity index (χ4v) is 2.92. The first-order valence-electron chi connectivity index (χ1n) is 7.23. The van der Waals surface area contributed by atoms with Crippen LogP contribution < -0.4 is 5.43 Å². The Hall–Kier alpha value is -2.40. The lowest BCUT2D eigenvalue weighted by molar-refractivity contribution is -0.388. The molecule has 0 bridgehead atoms. The molecule has 0 atom stereocenters. The zero-order valence-corrected chi connectivity index (χ0v) is 15.8. The van der Waals surface area contributed by atoms with Gasteiger partial charge in [-0.2, -0.15) is 18.3 Å². The minimum Gasteiger partial charge on any atom is -0.272 e. The van der Waals surface area contributed by atoms with Crippen LogP contribution in [0.3, 0.4) is 0 Å². The number of hydrogen-bond acceptors (Lipinski definition) is 5. The summed E-state index contributed by atoms with van der Waals surface area (Å²) >= 11 is 4.03. The van der Waals surface area contributed by atoms with Crippen molar-refractivity contribution >= 4 is 45.5 Å². The van der Waals surface area contributed by atoms with Crippen molar-refractivity contribution in [1.29, 1.82) is 0 Å². The Morgan fingerprint density at radius 1 is 1.26 bits per heavy atom. The van der Waals surface area contributed by atoms with Crippen LogP contribution in [-0.4, -0.2) is 22.8 Å². The van der Waals surface area contributed by atoms with Crippen molar-refractivity contribution in [1.82, 2.24) is 5.43 Å². The fraction of sp³-hybridized carbons (Fsp3) is 0.125. The van der Waals surface area contributed by atoms with Gasteiger partial charge in [0.25, 0.3) is 5.69 Å². The second-order valence-electron chi connectivity index (χ2n) is 5.07. The number of carbonyl (C=O) groups excluding carboxylic acids is 1. The number of nitro benzene ring substituents is 1. The Morgan fingerprint density at radius 3 is 2.52 bits per heavy atom. The van der Waals surface area contributed by atoms with E-state index in [1.54, 1.807) is 24.3 Å². The van der Waals surface area contributed by atoms with Crippen LogP contribution in [0.15, 0.2) is 56.9 Å². The molecule has 0 spiro atoms. The number of alkyl halides is 3. The third kappa shape index (κ3) is 6.36. The quantitative estimate of drug-likeness (QED) is 0.294. The van der Waals surface area contributed by atoms with Crippen molar-refractivity contribution in [3.05, 3.63) is 68.2 Å². The first-order chi connectivity index (χ1) is 12.7. The van der Waals surface area contributed by atoms with Gasteiger partial charge in [0, 0.05) is 10.5 Å². The number of rotatable bonds is 6. The van der Waals surface area contributed by atoms with E-state index in [-0.39, 0.29) is 10.6 Å². The van der Waals surface area contributed by atoms with E-state index in [2.05, 4.69) is 26.5 Å². The lowest BCUT2D eigenvalue weighted by Crippen LogP contribution is -2.19. The maximum Gasteiger partial charge on any atom is 0.416 e. The summed E-state index contributed by atoms with van der Waals surface area (Å²) in [6.45, 7) is 0. The molecule has 11 heteroatoms. The highest BCUT2D eigenvalue weighted by Crippen LogP contribution is 2.36. The number of nitrogens with one attached hydrogen (secondary N) is 1. The van der Waals surface area contributed by atoms with Gasteiger partial charge in [0.2, 0.25) is 5.91 Å². The zero-order chi connectivity index (χ0) is 20.0. The number of hydrogen-bond donors (Lipinski definition) is 1. The molecule has 0 heterocycles. The molecule has 2 rings (SSSR count). The van der Waals surface area contributed by atoms with E-state index < -0.39 is 28.3 Å². The molecule has 1 N–H and O–H groups in total. The molecule has 0 fully saturated rings. The first kappa shape index (κ1) is 20.9. The number of halogens is 4. The van der Waals surface area contributed by atoms with Crippen LogP contribution in [0, 0.1) is 10.1 Å². The maximum absolute atomic E-state index is 12.7. The van der Waals surface area contributed by atoms with Crippen LogP contribution in [0.4, 0.5) is 18.9 Å². The summed E-state index contributed by atoms with van der Waals surface area (Å²) in [6, 6.07) is 9.28. The third-order valence-electron chi connectivity index (χ3n) is 3.11. The van der Waals surface area contributed by atoms with E-state index in [0.29, 0.717) is 6.07 Å². The highest BCUT2D eigenvalue weighted by Gasteiger charge is 2.33. The molecular weight excluding hydrogens is 451 g/mol. The molecular formula is C16H11BrF3N3O3S. The van der Waals surface area contributed by atoms with Crippen molar-refractivity contribution < 1.29 is 22.9 Å². The molecule has 1 amide bonds. The Bertz CT molecular complexity index is 873. The summed E-state index contributed by atoms with van der Waals surface area (Å²) < 4.78 is 38.9. The number of nitro groups is 1. The van der Waals surface area contributed by atoms with E-state index in [1.165, 1.54) is 6.21 Å². The summed E-state index contributed by atoms with van der Waals surface area (Å²) in [5, 5.41) is 14.7. The summed E-state index contributed by atoms with van der Waals surface area (Å²) in [7, 11) is 0. The molecule has 0 aliphatic heterocycles. The second kappa shape index (κ2) is 9.00. The van der Waals surface area contributed by atoms with Gasteiger partial charge in [0.05, 0.1) is 27.3 Å². The van der Waals surface area contributed by atoms with Crippen molar-refractivity contribution in [2.24, 2.45) is 5.10 Å². The number of amides is 1. The third-order valence-corrected chi connectivity index (χ3v) is 4.71. The molecule has 27 heavy (non-hydrogen) atoms. The minimum atomic E-state index is -4.69. The van der Waals surface area contributed by atoms with Crippen LogP contribution >= 0.6 is 27.7 Å². The lowest BCUT2D eigenvalue weighted by Gasteiger charge is -2.08. The molecule has 2 aromatic carbocycles. The molecule has 0 aliphatic carbocycles. The first-order valence-corrected chi connectivity index (χ1v) is 9.00. The largest absolute Gasteiger partial charge is 0.416 e. The Morgan fingerprint density at radius 2 is 1.93 bits per heavy atom. The minimum absolute atomic E-state index is 0.0416. The van der Waals surface area contributed by atoms with Gasteiger partial charge in [-0.05, 0) is 29.8 Å². The normalized spacial score (nSPS) is 11.6. The summed E-state index contributed by atoms with van der Waals surface area (Å²) in [4.78, 5) is 21.8. The molecule has 0 aliphatic rings. The van der Waals surface area contributed by atoms with E-state index >= 15 is 0 Å². The van der Waals surface area contributed by atoms with Gasteiger partial charge in [0.15, 0.2) is 0 Å². The van der Waals surface area contributed by atoms with Gasteiger partial charge in [-0.15, -0.1) is 11.8 Å². The van der Waals surface area contributed by atoms with E-state index in [0.717, 1.165) is 33.9 Å². The average Bonchev–Trinajstić information content (AvgIpc) is 2.60. The smallest absolute Gasteiger partial charge is 0.272 e. The number of benzene rings is 2. The van der Waals surface area contributed by atoms with Crippen LogP contribution in [0.2, 0.25) is 0 Å². The van der Waals surface area contributed by atoms with Gasteiger partial charge in [0.1, 0.15) is 0 Å². The zero-order valence-electron chi connectivity index (χ0n) is 13.4. The van der Waals surface area contributed by atoms with Crippen LogP contribution in [0.1, 0.15) is 11.1 Å². The van der Waals surface area contributed by atoms with Crippen molar-refractivity contribution in [3.8, 4) is 0 Å². The van der Waals surface area contributed by atoms with Crippen molar-refractivity contribution in [2.75, 3.05) is 5.75 Å². The van der Waals surface area contributed by atoms with Crippen molar-refractivity contribution in [2.45, 2.75) is 11.1 Å². The number of thioether (sulfide) groups is 1. The lowest BCUT2D eigenvalue weighted by atomic mass is 10.2. The van der Waals surface area contributed by atoms with Gasteiger partial charge in [-0.1, -0.05) is 28.1 Å². The van der Waals surface area contributed by atoms with E-state index in [1.807, 2.05) is 0 Å². The monoisotopic (exact) mass is 461 g/mol. The average molecular weight is 462 g/mol. The summed E-state index contributed by atoms with van der Waals surface area (Å²) in [5.41, 5.74) is 1.16. The van der Waals surface area contributed by atoms with Crippen LogP contribution in [-0.2, 0) is 11.0 Å². The second-order valence-corrected chi connectivity index (χ2v) is 7.00. The van der Waals surface area contributed by atoms with Crippen molar-refractivity contribution in [3.63, 3.8) is 0 Å². The Labute approximate surface area is 164 Å². The SMILES string of the molecule is O=C(CSc1ccc(C(F)(F)F)cc1[N+](=O)[O-])NN=Cc1ccc(Br)cc1. The molecule has 0 aromatic heterocycles. The number of hydrazone groups is 1.